The smallest absolute Gasteiger partial charge is 0.221 e. The van der Waals surface area contributed by atoms with Gasteiger partial charge in [0.15, 0.2) is 0 Å². The molecular formula is C9H20N2O3. The first kappa shape index (κ1) is 13.4. The number of rotatable bonds is 8. The van der Waals surface area contributed by atoms with E-state index < -0.39 is 0 Å². The molecule has 0 spiro atoms. The third-order valence-corrected chi connectivity index (χ3v) is 1.86. The Kier molecular flexibility index (Phi) is 8.51. The van der Waals surface area contributed by atoms with Crippen molar-refractivity contribution in [3.8, 4) is 0 Å². The van der Waals surface area contributed by atoms with Gasteiger partial charge < -0.3 is 15.5 Å². The number of carbonyl (C=O) groups is 1. The summed E-state index contributed by atoms with van der Waals surface area (Å²) in [6.07, 6.45) is 1.67. The van der Waals surface area contributed by atoms with Crippen molar-refractivity contribution in [2.24, 2.45) is 0 Å². The van der Waals surface area contributed by atoms with Crippen molar-refractivity contribution in [1.29, 1.82) is 0 Å². The second-order valence-corrected chi connectivity index (χ2v) is 3.13. The van der Waals surface area contributed by atoms with E-state index in [2.05, 4.69) is 10.6 Å². The highest BCUT2D eigenvalue weighted by Crippen LogP contribution is 1.97. The predicted octanol–water partition coefficient (Wildman–Crippen LogP) is -0.807. The molecule has 1 atom stereocenters. The van der Waals surface area contributed by atoms with E-state index in [4.69, 9.17) is 10.2 Å². The molecule has 0 rings (SSSR count). The average Bonchev–Trinajstić information content (AvgIpc) is 2.15. The van der Waals surface area contributed by atoms with Gasteiger partial charge in [-0.3, -0.25) is 10.1 Å². The van der Waals surface area contributed by atoms with Crippen LogP contribution < -0.4 is 10.6 Å². The van der Waals surface area contributed by atoms with Crippen LogP contribution >= 0.6 is 0 Å². The molecule has 0 heterocycles. The van der Waals surface area contributed by atoms with E-state index in [0.29, 0.717) is 19.4 Å². The third kappa shape index (κ3) is 6.82. The number of hydrogen-bond donors (Lipinski definition) is 4. The Morgan fingerprint density at radius 2 is 2.14 bits per heavy atom. The largest absolute Gasteiger partial charge is 0.396 e. The fourth-order valence-electron chi connectivity index (χ4n) is 1.12. The van der Waals surface area contributed by atoms with Crippen molar-refractivity contribution < 1.29 is 15.0 Å². The number of amides is 1. The zero-order valence-corrected chi connectivity index (χ0v) is 8.62. The number of nitrogens with one attached hydrogen (secondary N) is 2. The van der Waals surface area contributed by atoms with Crippen LogP contribution in [0.1, 0.15) is 26.2 Å². The molecule has 0 aromatic heterocycles. The lowest BCUT2D eigenvalue weighted by Gasteiger charge is -2.15. The van der Waals surface area contributed by atoms with Crippen molar-refractivity contribution in [2.45, 2.75) is 32.2 Å². The number of aliphatic hydroxyl groups excluding tert-OH is 2. The van der Waals surface area contributed by atoms with Crippen molar-refractivity contribution in [3.05, 3.63) is 0 Å². The summed E-state index contributed by atoms with van der Waals surface area (Å²) in [5, 5.41) is 22.8. The average molecular weight is 204 g/mol. The van der Waals surface area contributed by atoms with Crippen LogP contribution in [0.5, 0.6) is 0 Å². The molecular weight excluding hydrogens is 184 g/mol. The monoisotopic (exact) mass is 204 g/mol. The normalized spacial score (nSPS) is 12.5. The lowest BCUT2D eigenvalue weighted by molar-refractivity contribution is -0.121. The predicted molar refractivity (Wildman–Crippen MR) is 53.6 cm³/mol. The molecule has 0 bridgehead atoms. The van der Waals surface area contributed by atoms with E-state index in [-0.39, 0.29) is 25.3 Å². The van der Waals surface area contributed by atoms with Crippen LogP contribution in [0, 0.1) is 0 Å². The zero-order chi connectivity index (χ0) is 10.8. The van der Waals surface area contributed by atoms with Gasteiger partial charge >= 0.3 is 0 Å². The van der Waals surface area contributed by atoms with Gasteiger partial charge in [0.05, 0.1) is 6.73 Å². The molecule has 0 aliphatic carbocycles. The lowest BCUT2D eigenvalue weighted by Crippen LogP contribution is -2.37. The zero-order valence-electron chi connectivity index (χ0n) is 8.62. The van der Waals surface area contributed by atoms with Gasteiger partial charge in [-0.25, -0.2) is 0 Å². The molecule has 1 amide bonds. The summed E-state index contributed by atoms with van der Waals surface area (Å²) >= 11 is 0. The molecule has 5 nitrogen and oxygen atoms in total. The molecule has 0 aliphatic heterocycles. The topological polar surface area (TPSA) is 81.6 Å². The van der Waals surface area contributed by atoms with E-state index in [0.717, 1.165) is 6.42 Å². The molecule has 0 aromatic carbocycles. The Morgan fingerprint density at radius 3 is 2.64 bits per heavy atom. The van der Waals surface area contributed by atoms with Crippen molar-refractivity contribution in [3.63, 3.8) is 0 Å². The van der Waals surface area contributed by atoms with Gasteiger partial charge in [-0.05, 0) is 12.8 Å². The SMILES string of the molecule is CCCNC(=O)CC(CCO)NCO. The number of hydrogen-bond acceptors (Lipinski definition) is 4. The minimum Gasteiger partial charge on any atom is -0.396 e. The Bertz CT molecular complexity index is 147. The van der Waals surface area contributed by atoms with Gasteiger partial charge in [-0.2, -0.15) is 0 Å². The third-order valence-electron chi connectivity index (χ3n) is 1.86. The molecule has 0 radical (unpaired) electrons. The van der Waals surface area contributed by atoms with Gasteiger partial charge in [-0.1, -0.05) is 6.92 Å². The van der Waals surface area contributed by atoms with E-state index in [1.807, 2.05) is 6.92 Å². The summed E-state index contributed by atoms with van der Waals surface area (Å²) in [5.74, 6) is -0.0498. The summed E-state index contributed by atoms with van der Waals surface area (Å²) < 4.78 is 0. The van der Waals surface area contributed by atoms with Crippen molar-refractivity contribution >= 4 is 5.91 Å². The second-order valence-electron chi connectivity index (χ2n) is 3.13. The van der Waals surface area contributed by atoms with Crippen LogP contribution in [0.15, 0.2) is 0 Å². The van der Waals surface area contributed by atoms with Crippen LogP contribution in [-0.4, -0.2) is 42.0 Å². The quantitative estimate of drug-likeness (QED) is 0.390. The Labute approximate surface area is 84.5 Å². The van der Waals surface area contributed by atoms with Gasteiger partial charge in [0.2, 0.25) is 5.91 Å². The van der Waals surface area contributed by atoms with Gasteiger partial charge in [0.1, 0.15) is 0 Å². The first-order chi connectivity index (χ1) is 6.74. The van der Waals surface area contributed by atoms with Gasteiger partial charge in [0, 0.05) is 25.6 Å². The second kappa shape index (κ2) is 8.93. The fraction of sp³-hybridized carbons (Fsp3) is 0.889. The first-order valence-electron chi connectivity index (χ1n) is 4.96. The van der Waals surface area contributed by atoms with E-state index in [1.54, 1.807) is 0 Å². The Hall–Kier alpha value is -0.650. The molecule has 14 heavy (non-hydrogen) atoms. The summed E-state index contributed by atoms with van der Waals surface area (Å²) in [4.78, 5) is 11.2. The molecule has 0 aliphatic rings. The molecule has 4 N–H and O–H groups in total. The summed E-state index contributed by atoms with van der Waals surface area (Å²) in [6, 6.07) is -0.151. The van der Waals surface area contributed by atoms with Crippen LogP contribution in [-0.2, 0) is 4.79 Å². The number of aliphatic hydroxyl groups is 2. The minimum absolute atomic E-state index is 0.0126. The van der Waals surface area contributed by atoms with Gasteiger partial charge in [-0.15, -0.1) is 0 Å². The molecule has 84 valence electrons. The molecule has 0 aromatic rings. The highest BCUT2D eigenvalue weighted by Gasteiger charge is 2.11. The molecule has 5 heteroatoms. The Morgan fingerprint density at radius 1 is 1.43 bits per heavy atom. The standard InChI is InChI=1S/C9H20N2O3/c1-2-4-10-9(14)6-8(3-5-12)11-7-13/h8,11-13H,2-7H2,1H3,(H,10,14). The maximum atomic E-state index is 11.2. The summed E-state index contributed by atoms with van der Waals surface area (Å²) in [7, 11) is 0. The van der Waals surface area contributed by atoms with Crippen molar-refractivity contribution in [1.82, 2.24) is 10.6 Å². The molecule has 1 unspecified atom stereocenters. The van der Waals surface area contributed by atoms with Crippen LogP contribution in [0.4, 0.5) is 0 Å². The maximum absolute atomic E-state index is 11.2. The highest BCUT2D eigenvalue weighted by atomic mass is 16.3. The van der Waals surface area contributed by atoms with E-state index >= 15 is 0 Å². The lowest BCUT2D eigenvalue weighted by atomic mass is 10.1. The number of carbonyl (C=O) groups excluding carboxylic acids is 1. The van der Waals surface area contributed by atoms with Crippen LogP contribution in [0.3, 0.4) is 0 Å². The van der Waals surface area contributed by atoms with E-state index in [9.17, 15) is 4.79 Å². The van der Waals surface area contributed by atoms with Gasteiger partial charge in [0.25, 0.3) is 0 Å². The van der Waals surface area contributed by atoms with E-state index in [1.165, 1.54) is 0 Å². The summed E-state index contributed by atoms with van der Waals surface area (Å²) in [6.45, 7) is 2.49. The van der Waals surface area contributed by atoms with Crippen LogP contribution in [0.2, 0.25) is 0 Å². The highest BCUT2D eigenvalue weighted by molar-refractivity contribution is 5.76. The van der Waals surface area contributed by atoms with Crippen molar-refractivity contribution in [2.75, 3.05) is 19.9 Å². The molecule has 0 saturated carbocycles. The first-order valence-corrected chi connectivity index (χ1v) is 4.96. The fourth-order valence-corrected chi connectivity index (χ4v) is 1.12. The molecule has 0 saturated heterocycles. The van der Waals surface area contributed by atoms with Crippen LogP contribution in [0.25, 0.3) is 0 Å². The molecule has 0 fully saturated rings. The Balaban J connectivity index is 3.71. The minimum atomic E-state index is -0.175. The summed E-state index contributed by atoms with van der Waals surface area (Å²) in [5.41, 5.74) is 0. The maximum Gasteiger partial charge on any atom is 0.221 e.